The number of hydrogen-bond acceptors (Lipinski definition) is 4. The summed E-state index contributed by atoms with van der Waals surface area (Å²) in [5.41, 5.74) is 4.39. The molecule has 30 heavy (non-hydrogen) atoms. The maximum absolute atomic E-state index is 13.6. The first kappa shape index (κ1) is 18.2. The number of nitrogens with one attached hydrogen (secondary N) is 1. The van der Waals surface area contributed by atoms with Crippen molar-refractivity contribution in [2.75, 3.05) is 19.0 Å². The third kappa shape index (κ3) is 3.06. The van der Waals surface area contributed by atoms with Crippen LogP contribution in [0.3, 0.4) is 0 Å². The molecule has 1 N–H and O–H groups in total. The fourth-order valence-electron chi connectivity index (χ4n) is 3.71. The molecule has 6 heteroatoms. The van der Waals surface area contributed by atoms with E-state index in [1.54, 1.807) is 0 Å². The molecule has 0 spiro atoms. The number of carbonyl (C=O) groups excluding carboxylic acids is 1. The molecule has 3 aromatic rings. The smallest absolute Gasteiger partial charge is 0.259 e. The number of amides is 1. The molecule has 1 amide bonds. The van der Waals surface area contributed by atoms with E-state index in [4.69, 9.17) is 9.15 Å². The van der Waals surface area contributed by atoms with Crippen LogP contribution in [0.2, 0.25) is 0 Å². The van der Waals surface area contributed by atoms with Crippen LogP contribution in [-0.2, 0) is 0 Å². The van der Waals surface area contributed by atoms with Crippen LogP contribution in [0, 0.1) is 5.82 Å². The molecular formula is C24H19FN2O3. The number of anilines is 1. The quantitative estimate of drug-likeness (QED) is 0.692. The summed E-state index contributed by atoms with van der Waals surface area (Å²) in [5, 5.41) is 3.34. The number of rotatable bonds is 3. The number of carbonyl (C=O) groups is 1. The Bertz CT molecular complexity index is 1270. The molecule has 0 radical (unpaired) electrons. The van der Waals surface area contributed by atoms with E-state index in [2.05, 4.69) is 11.4 Å². The second kappa shape index (κ2) is 6.91. The lowest BCUT2D eigenvalue weighted by atomic mass is 10.0. The van der Waals surface area contributed by atoms with Gasteiger partial charge in [-0.3, -0.25) is 4.79 Å². The van der Waals surface area contributed by atoms with Crippen molar-refractivity contribution in [1.29, 1.82) is 0 Å². The molecule has 1 aromatic heterocycles. The van der Waals surface area contributed by atoms with Gasteiger partial charge in [0.1, 0.15) is 29.5 Å². The zero-order valence-electron chi connectivity index (χ0n) is 16.5. The van der Waals surface area contributed by atoms with E-state index >= 15 is 0 Å². The van der Waals surface area contributed by atoms with E-state index in [-0.39, 0.29) is 17.6 Å². The highest BCUT2D eigenvalue weighted by Crippen LogP contribution is 2.41. The normalized spacial score (nSPS) is 16.8. The first-order valence-corrected chi connectivity index (χ1v) is 9.56. The van der Waals surface area contributed by atoms with Crippen LogP contribution in [0.25, 0.3) is 16.5 Å². The van der Waals surface area contributed by atoms with Crippen molar-refractivity contribution in [3.63, 3.8) is 0 Å². The lowest BCUT2D eigenvalue weighted by Crippen LogP contribution is -2.21. The number of hydrogen-bond donors (Lipinski definition) is 1. The Balaban J connectivity index is 1.47. The molecule has 5 rings (SSSR count). The van der Waals surface area contributed by atoms with Crippen LogP contribution in [0.15, 0.2) is 77.1 Å². The largest absolute Gasteiger partial charge is 0.481 e. The Morgan fingerprint density at radius 3 is 2.87 bits per heavy atom. The van der Waals surface area contributed by atoms with E-state index in [1.807, 2.05) is 55.4 Å². The van der Waals surface area contributed by atoms with Gasteiger partial charge < -0.3 is 19.4 Å². The Morgan fingerprint density at radius 2 is 2.03 bits per heavy atom. The summed E-state index contributed by atoms with van der Waals surface area (Å²) in [6, 6.07) is 10.2. The number of benzene rings is 2. The molecule has 5 nitrogen and oxygen atoms in total. The predicted molar refractivity (Wildman–Crippen MR) is 114 cm³/mol. The standard InChI is InChI=1S/C24H19FN2O3/c1-27(2)16-7-9-23-19(12-16)18-11-15(4-3-5-22(18)30-23)26-24(28)20-13-29-21-8-6-14(25)10-17(20)21/h3-13,22H,1-2H3,(H,26,28). The minimum absolute atomic E-state index is 0.216. The summed E-state index contributed by atoms with van der Waals surface area (Å²) in [6.07, 6.45) is 8.66. The molecule has 150 valence electrons. The topological polar surface area (TPSA) is 54.7 Å². The van der Waals surface area contributed by atoms with Gasteiger partial charge in [-0.25, -0.2) is 4.39 Å². The Hall–Kier alpha value is -3.80. The molecule has 2 heterocycles. The summed E-state index contributed by atoms with van der Waals surface area (Å²) in [6.45, 7) is 0. The molecule has 1 aliphatic carbocycles. The maximum atomic E-state index is 13.6. The molecule has 0 saturated carbocycles. The number of halogens is 1. The number of fused-ring (bicyclic) bond motifs is 4. The second-order valence-corrected chi connectivity index (χ2v) is 7.46. The third-order valence-electron chi connectivity index (χ3n) is 5.26. The number of nitrogens with zero attached hydrogens (tertiary/aromatic N) is 1. The van der Waals surface area contributed by atoms with Gasteiger partial charge in [-0.05, 0) is 54.6 Å². The molecule has 1 unspecified atom stereocenters. The van der Waals surface area contributed by atoms with Gasteiger partial charge in [0, 0.05) is 42.0 Å². The van der Waals surface area contributed by atoms with Crippen molar-refractivity contribution in [2.45, 2.75) is 6.10 Å². The number of furan rings is 1. The highest BCUT2D eigenvalue weighted by Gasteiger charge is 2.28. The van der Waals surface area contributed by atoms with Crippen molar-refractivity contribution < 1.29 is 18.3 Å². The second-order valence-electron chi connectivity index (χ2n) is 7.46. The molecule has 2 aliphatic rings. The lowest BCUT2D eigenvalue weighted by Gasteiger charge is -2.13. The van der Waals surface area contributed by atoms with Gasteiger partial charge in [-0.15, -0.1) is 0 Å². The first-order valence-electron chi connectivity index (χ1n) is 9.56. The lowest BCUT2D eigenvalue weighted by molar-refractivity contribution is 0.0968. The Labute approximate surface area is 172 Å². The zero-order valence-corrected chi connectivity index (χ0v) is 16.5. The summed E-state index contributed by atoms with van der Waals surface area (Å²) in [7, 11) is 3.97. The third-order valence-corrected chi connectivity index (χ3v) is 5.26. The molecule has 2 aromatic carbocycles. The summed E-state index contributed by atoms with van der Waals surface area (Å²) in [5.74, 6) is 0.0248. The van der Waals surface area contributed by atoms with Gasteiger partial charge in [0.05, 0.1) is 5.56 Å². The van der Waals surface area contributed by atoms with Crippen molar-refractivity contribution >= 4 is 28.1 Å². The van der Waals surface area contributed by atoms with E-state index in [0.717, 1.165) is 22.6 Å². The SMILES string of the molecule is CN(C)c1ccc2c(c1)C1=CC(NC(=O)c3coc4ccc(F)cc34)=CC=CC1O2. The van der Waals surface area contributed by atoms with E-state index in [9.17, 15) is 9.18 Å². The molecule has 0 saturated heterocycles. The van der Waals surface area contributed by atoms with Gasteiger partial charge in [0.15, 0.2) is 0 Å². The van der Waals surface area contributed by atoms with Gasteiger partial charge in [-0.2, -0.15) is 0 Å². The predicted octanol–water partition coefficient (Wildman–Crippen LogP) is 4.67. The zero-order chi connectivity index (χ0) is 20.8. The van der Waals surface area contributed by atoms with E-state index < -0.39 is 5.82 Å². The minimum Gasteiger partial charge on any atom is -0.481 e. The highest BCUT2D eigenvalue weighted by atomic mass is 19.1. The van der Waals surface area contributed by atoms with Crippen LogP contribution in [-0.4, -0.2) is 26.1 Å². The highest BCUT2D eigenvalue weighted by molar-refractivity contribution is 6.06. The monoisotopic (exact) mass is 402 g/mol. The van der Waals surface area contributed by atoms with Crippen molar-refractivity contribution in [2.24, 2.45) is 0 Å². The fourth-order valence-corrected chi connectivity index (χ4v) is 3.71. The summed E-state index contributed by atoms with van der Waals surface area (Å²) >= 11 is 0. The van der Waals surface area contributed by atoms with Gasteiger partial charge in [-0.1, -0.05) is 6.08 Å². The number of allylic oxidation sites excluding steroid dienone is 3. The molecule has 0 bridgehead atoms. The molecule has 1 atom stereocenters. The Morgan fingerprint density at radius 1 is 1.17 bits per heavy atom. The fraction of sp³-hybridized carbons (Fsp3) is 0.125. The van der Waals surface area contributed by atoms with Crippen LogP contribution in [0.4, 0.5) is 10.1 Å². The van der Waals surface area contributed by atoms with Gasteiger partial charge in [0.2, 0.25) is 0 Å². The van der Waals surface area contributed by atoms with Crippen LogP contribution >= 0.6 is 0 Å². The van der Waals surface area contributed by atoms with Crippen LogP contribution in [0.1, 0.15) is 15.9 Å². The molecular weight excluding hydrogens is 383 g/mol. The van der Waals surface area contributed by atoms with E-state index in [0.29, 0.717) is 16.7 Å². The average Bonchev–Trinajstić information content (AvgIpc) is 3.22. The van der Waals surface area contributed by atoms with Crippen molar-refractivity contribution in [3.05, 3.63) is 89.6 Å². The van der Waals surface area contributed by atoms with Crippen molar-refractivity contribution in [1.82, 2.24) is 5.32 Å². The van der Waals surface area contributed by atoms with Crippen LogP contribution in [0.5, 0.6) is 5.75 Å². The summed E-state index contributed by atoms with van der Waals surface area (Å²) in [4.78, 5) is 14.9. The van der Waals surface area contributed by atoms with E-state index in [1.165, 1.54) is 24.5 Å². The molecule has 0 fully saturated rings. The maximum Gasteiger partial charge on any atom is 0.259 e. The Kier molecular flexibility index (Phi) is 4.20. The summed E-state index contributed by atoms with van der Waals surface area (Å²) < 4.78 is 25.1. The number of ether oxygens (including phenoxy) is 1. The van der Waals surface area contributed by atoms with Crippen LogP contribution < -0.4 is 15.0 Å². The minimum atomic E-state index is -0.420. The van der Waals surface area contributed by atoms with Gasteiger partial charge in [0.25, 0.3) is 5.91 Å². The van der Waals surface area contributed by atoms with Gasteiger partial charge >= 0.3 is 0 Å². The first-order chi connectivity index (χ1) is 14.5. The molecule has 1 aliphatic heterocycles. The van der Waals surface area contributed by atoms with Crippen molar-refractivity contribution in [3.8, 4) is 5.75 Å². The average molecular weight is 402 g/mol.